The molecule has 5 aromatic heterocycles. The van der Waals surface area contributed by atoms with Crippen LogP contribution in [0.2, 0.25) is 0 Å². The molecule has 0 bridgehead atoms. The Hall–Kier alpha value is -10.4. The molecule has 0 amide bonds. The van der Waals surface area contributed by atoms with Crippen molar-refractivity contribution in [2.75, 3.05) is 0 Å². The van der Waals surface area contributed by atoms with Gasteiger partial charge in [-0.15, -0.1) is 0 Å². The van der Waals surface area contributed by atoms with Crippen LogP contribution in [0.15, 0.2) is 247 Å². The Balaban J connectivity index is 1.05. The van der Waals surface area contributed by atoms with E-state index in [1.165, 1.54) is 0 Å². The summed E-state index contributed by atoms with van der Waals surface area (Å²) in [6, 6.07) is 67.9. The Labute approximate surface area is 436 Å². The highest BCUT2D eigenvalue weighted by molar-refractivity contribution is 6.26. The summed E-state index contributed by atoms with van der Waals surface area (Å²) in [6.45, 7) is 0. The highest BCUT2D eigenvalue weighted by Crippen LogP contribution is 2.44. The maximum Gasteiger partial charge on any atom is 0.166 e. The zero-order valence-electron chi connectivity index (χ0n) is 44.7. The normalized spacial score (nSPS) is 12.7. The number of aromatic nitrogens is 8. The van der Waals surface area contributed by atoms with Gasteiger partial charge in [-0.2, -0.15) is 0 Å². The van der Waals surface area contributed by atoms with Crippen LogP contribution in [-0.2, 0) is 0 Å². The highest BCUT2D eigenvalue weighted by atomic mass is 16.3. The number of rotatable bonds is 8. The van der Waals surface area contributed by atoms with E-state index in [1.807, 2.05) is 176 Å². The Morgan fingerprint density at radius 3 is 1.47 bits per heavy atom. The van der Waals surface area contributed by atoms with Gasteiger partial charge in [0.05, 0.1) is 34.6 Å². The fourth-order valence-electron chi connectivity index (χ4n) is 10.5. The lowest BCUT2D eigenvalue weighted by molar-refractivity contribution is 0.669. The number of furan rings is 1. The number of para-hydroxylation sites is 4. The smallest absolute Gasteiger partial charge is 0.166 e. The minimum atomic E-state index is -0.457. The van der Waals surface area contributed by atoms with E-state index in [1.54, 1.807) is 4.57 Å². The van der Waals surface area contributed by atoms with Crippen LogP contribution in [0.25, 0.3) is 145 Å². The molecule has 0 aliphatic carbocycles. The van der Waals surface area contributed by atoms with Gasteiger partial charge in [0.2, 0.25) is 0 Å². The summed E-state index contributed by atoms with van der Waals surface area (Å²) in [5.41, 5.74) is 9.93. The van der Waals surface area contributed by atoms with Crippen molar-refractivity contribution in [1.29, 1.82) is 0 Å². The van der Waals surface area contributed by atoms with Gasteiger partial charge in [0.25, 0.3) is 0 Å². The summed E-state index contributed by atoms with van der Waals surface area (Å²) in [5.74, 6) is 2.74. The molecule has 0 spiro atoms. The predicted octanol–water partition coefficient (Wildman–Crippen LogP) is 16.2. The van der Waals surface area contributed by atoms with E-state index < -0.39 is 18.1 Å². The lowest BCUT2D eigenvalue weighted by atomic mass is 10.0. The minimum Gasteiger partial charge on any atom is -0.456 e. The van der Waals surface area contributed by atoms with Crippen LogP contribution in [0, 0.1) is 0 Å². The van der Waals surface area contributed by atoms with Crippen LogP contribution in [0.4, 0.5) is 0 Å². The summed E-state index contributed by atoms with van der Waals surface area (Å²) in [5, 5.41) is 5.50. The average Bonchev–Trinajstić information content (AvgIpc) is 4.36. The first-order valence-corrected chi connectivity index (χ1v) is 24.5. The number of hydrogen-bond acceptors (Lipinski definition) is 7. The van der Waals surface area contributed by atoms with Gasteiger partial charge < -0.3 is 13.6 Å². The molecule has 15 aromatic rings. The van der Waals surface area contributed by atoms with Gasteiger partial charge in [-0.05, 0) is 72.7 Å². The molecule has 0 atom stereocenters. The molecule has 5 heterocycles. The number of hydrogen-bond donors (Lipinski definition) is 0. The van der Waals surface area contributed by atoms with E-state index in [2.05, 4.69) is 41.0 Å². The molecule has 9 heteroatoms. The molecule has 9 nitrogen and oxygen atoms in total. The zero-order valence-corrected chi connectivity index (χ0v) is 39.7. The largest absolute Gasteiger partial charge is 0.456 e. The van der Waals surface area contributed by atoms with Gasteiger partial charge in [-0.25, -0.2) is 29.9 Å². The second kappa shape index (κ2) is 17.1. The zero-order chi connectivity index (χ0) is 53.8. The first-order chi connectivity index (χ1) is 39.3. The van der Waals surface area contributed by atoms with E-state index in [4.69, 9.17) is 38.4 Å². The molecular weight excluding hydrogens is 921 g/mol. The fraction of sp³-hybridized carbons (Fsp3) is 0. The molecule has 10 aromatic carbocycles. The van der Waals surface area contributed by atoms with Crippen molar-refractivity contribution in [3.05, 3.63) is 243 Å². The maximum atomic E-state index is 9.21. The van der Waals surface area contributed by atoms with Gasteiger partial charge in [-0.1, -0.05) is 170 Å². The summed E-state index contributed by atoms with van der Waals surface area (Å²) in [4.78, 5) is 31.4. The van der Waals surface area contributed by atoms with E-state index in [9.17, 15) is 2.74 Å². The SMILES string of the molecule is [2H]c1c([2H])c([2H])c(-n2c3ccccc3c3c2ccc2c4ccccc4n(-c4ccc(-c5nc(-c6ccccc6)nc(-c6ccc7oc8ccccc8c7c6)n5)cc4-c4nc(-c5ccccc5)nc(-c5ccccc5)n4)c23)c([2H])c1[2H]. The predicted molar refractivity (Wildman–Crippen MR) is 302 cm³/mol. The van der Waals surface area contributed by atoms with Crippen molar-refractivity contribution >= 4 is 65.6 Å². The quantitative estimate of drug-likeness (QED) is 0.149. The van der Waals surface area contributed by atoms with Crippen LogP contribution in [0.3, 0.4) is 0 Å². The average molecular weight is 966 g/mol. The third-order valence-corrected chi connectivity index (χ3v) is 13.9. The molecule has 0 aliphatic heterocycles. The molecule has 75 heavy (non-hydrogen) atoms. The summed E-state index contributed by atoms with van der Waals surface area (Å²) >= 11 is 0. The molecule has 0 saturated heterocycles. The first kappa shape index (κ1) is 37.4. The van der Waals surface area contributed by atoms with Gasteiger partial charge in [0.1, 0.15) is 11.2 Å². The fourth-order valence-corrected chi connectivity index (χ4v) is 10.5. The molecule has 0 unspecified atom stereocenters. The standard InChI is InChI=1S/C66H40N8O/c1-5-19-41(20-6-1)61-68-64(70-65(69-61)45-34-38-58-51(39-45)48-28-15-18-32-57(48)75-58)44-33-36-55(52(40-44)66-71-62(42-21-7-2-8-22-42)67-63(72-66)43-23-9-3-10-24-43)74-53-30-16-13-27-47(53)49-35-37-56-59(60(49)74)50-29-14-17-31-54(50)73(56)46-25-11-4-12-26-46/h1-40H/i4D,11D,12D,25D,26D. The number of nitrogens with zero attached hydrogens (tertiary/aromatic N) is 8. The highest BCUT2D eigenvalue weighted by Gasteiger charge is 2.25. The topological polar surface area (TPSA) is 100 Å². The first-order valence-electron chi connectivity index (χ1n) is 27.0. The number of benzene rings is 10. The van der Waals surface area contributed by atoms with Crippen LogP contribution in [-0.4, -0.2) is 39.0 Å². The monoisotopic (exact) mass is 965 g/mol. The van der Waals surface area contributed by atoms with Crippen molar-refractivity contribution in [1.82, 2.24) is 39.0 Å². The van der Waals surface area contributed by atoms with Crippen molar-refractivity contribution in [2.24, 2.45) is 0 Å². The van der Waals surface area contributed by atoms with Gasteiger partial charge in [-0.3, -0.25) is 0 Å². The second-order valence-electron chi connectivity index (χ2n) is 18.3. The molecule has 0 fully saturated rings. The summed E-state index contributed by atoms with van der Waals surface area (Å²) in [6.07, 6.45) is 0. The molecule has 350 valence electrons. The third-order valence-electron chi connectivity index (χ3n) is 13.9. The van der Waals surface area contributed by atoms with E-state index in [0.717, 1.165) is 82.5 Å². The van der Waals surface area contributed by atoms with Crippen LogP contribution in [0.1, 0.15) is 6.85 Å². The minimum absolute atomic E-state index is 0.0611. The Morgan fingerprint density at radius 2 is 0.827 bits per heavy atom. The van der Waals surface area contributed by atoms with Crippen molar-refractivity contribution in [3.63, 3.8) is 0 Å². The summed E-state index contributed by atoms with van der Waals surface area (Å²) in [7, 11) is 0. The molecule has 0 aliphatic rings. The van der Waals surface area contributed by atoms with Crippen molar-refractivity contribution in [3.8, 4) is 79.7 Å². The van der Waals surface area contributed by atoms with E-state index in [-0.39, 0.29) is 17.8 Å². The Kier molecular flexibility index (Phi) is 8.55. The lowest BCUT2D eigenvalue weighted by Gasteiger charge is -2.17. The Morgan fingerprint density at radius 1 is 0.333 bits per heavy atom. The van der Waals surface area contributed by atoms with Gasteiger partial charge >= 0.3 is 0 Å². The van der Waals surface area contributed by atoms with E-state index >= 15 is 0 Å². The van der Waals surface area contributed by atoms with Gasteiger partial charge in [0, 0.05) is 71.4 Å². The molecule has 0 saturated carbocycles. The maximum absolute atomic E-state index is 9.21. The molecule has 0 N–H and O–H groups in total. The van der Waals surface area contributed by atoms with Crippen molar-refractivity contribution in [2.45, 2.75) is 0 Å². The summed E-state index contributed by atoms with van der Waals surface area (Å²) < 4.78 is 54.6. The van der Waals surface area contributed by atoms with Crippen LogP contribution >= 0.6 is 0 Å². The molecule has 15 rings (SSSR count). The van der Waals surface area contributed by atoms with E-state index in [0.29, 0.717) is 57.1 Å². The van der Waals surface area contributed by atoms with Crippen molar-refractivity contribution < 1.29 is 11.3 Å². The van der Waals surface area contributed by atoms with Gasteiger partial charge in [0.15, 0.2) is 34.9 Å². The van der Waals surface area contributed by atoms with Crippen LogP contribution < -0.4 is 0 Å². The molecular formula is C66H40N8O. The Bertz CT molecular complexity index is 4940. The third kappa shape index (κ3) is 7.01. The lowest BCUT2D eigenvalue weighted by Crippen LogP contribution is -2.05. The molecule has 0 radical (unpaired) electrons. The second-order valence-corrected chi connectivity index (χ2v) is 18.3. The number of fused-ring (bicyclic) bond motifs is 10. The van der Waals surface area contributed by atoms with Crippen LogP contribution in [0.5, 0.6) is 0 Å².